The Morgan fingerprint density at radius 1 is 0.925 bits per heavy atom. The fraction of sp³-hybridized carbons (Fsp3) is 0.0938. The van der Waals surface area contributed by atoms with E-state index in [9.17, 15) is 14.7 Å². The van der Waals surface area contributed by atoms with Crippen molar-refractivity contribution in [2.75, 3.05) is 0 Å². The van der Waals surface area contributed by atoms with Crippen LogP contribution in [0.15, 0.2) is 103 Å². The van der Waals surface area contributed by atoms with Crippen molar-refractivity contribution in [1.29, 1.82) is 0 Å². The topological polar surface area (TPSA) is 109 Å². The molecular formula is C32H25N5O3. The van der Waals surface area contributed by atoms with Gasteiger partial charge in [0.15, 0.2) is 0 Å². The average molecular weight is 528 g/mol. The zero-order valence-electron chi connectivity index (χ0n) is 21.7. The first-order valence-corrected chi connectivity index (χ1v) is 12.9. The highest BCUT2D eigenvalue weighted by Crippen LogP contribution is 2.27. The second-order valence-corrected chi connectivity index (χ2v) is 9.67. The molecule has 0 saturated heterocycles. The fourth-order valence-corrected chi connectivity index (χ4v) is 4.86. The van der Waals surface area contributed by atoms with E-state index in [0.29, 0.717) is 23.2 Å². The van der Waals surface area contributed by atoms with Gasteiger partial charge in [-0.05, 0) is 53.9 Å². The number of nitrogens with zero attached hydrogens (tertiary/aromatic N) is 4. The molecule has 3 heterocycles. The molecule has 0 unspecified atom stereocenters. The normalized spacial score (nSPS) is 11.9. The molecular weight excluding hydrogens is 502 g/mol. The number of rotatable bonds is 7. The summed E-state index contributed by atoms with van der Waals surface area (Å²) in [6.07, 6.45) is 4.13. The Morgan fingerprint density at radius 2 is 1.73 bits per heavy atom. The summed E-state index contributed by atoms with van der Waals surface area (Å²) >= 11 is 0. The second kappa shape index (κ2) is 10.4. The SMILES string of the molecule is C[C@H](NC(=O)c1cc(-c2ccccc2)cn2nnc(Cc3ccc4cccnc4c3)c12)c1ccc(C(=O)O)cc1. The number of aromatic carboxylic acids is 1. The van der Waals surface area contributed by atoms with Crippen LogP contribution >= 0.6 is 0 Å². The van der Waals surface area contributed by atoms with Crippen molar-refractivity contribution >= 4 is 28.3 Å². The number of pyridine rings is 2. The number of carboxylic acid groups (broad SMARTS) is 1. The summed E-state index contributed by atoms with van der Waals surface area (Å²) in [7, 11) is 0. The van der Waals surface area contributed by atoms with E-state index < -0.39 is 5.97 Å². The first-order valence-electron chi connectivity index (χ1n) is 12.9. The van der Waals surface area contributed by atoms with E-state index in [1.807, 2.05) is 79.9 Å². The van der Waals surface area contributed by atoms with Crippen LogP contribution in [-0.2, 0) is 6.42 Å². The first kappa shape index (κ1) is 24.9. The van der Waals surface area contributed by atoms with Crippen molar-refractivity contribution in [1.82, 2.24) is 25.1 Å². The largest absolute Gasteiger partial charge is 0.478 e. The van der Waals surface area contributed by atoms with Crippen molar-refractivity contribution in [3.63, 3.8) is 0 Å². The standard InChI is InChI=1S/C32H25N5O3/c1-20(22-11-13-25(14-12-22)32(39)40)34-31(38)27-18-26(23-6-3-2-4-7-23)19-37-30(27)29(35-36-37)17-21-9-10-24-8-5-15-33-28(24)16-21/h2-16,18-20H,17H2,1H3,(H,34,38)(H,39,40)/t20-/m0/s1. The Labute approximate surface area is 229 Å². The predicted octanol–water partition coefficient (Wildman–Crippen LogP) is 5.72. The van der Waals surface area contributed by atoms with Crippen LogP contribution in [0.4, 0.5) is 0 Å². The molecule has 0 bridgehead atoms. The number of fused-ring (bicyclic) bond motifs is 2. The van der Waals surface area contributed by atoms with Gasteiger partial charge in [0.05, 0.1) is 28.4 Å². The number of carbonyl (C=O) groups excluding carboxylic acids is 1. The van der Waals surface area contributed by atoms with Gasteiger partial charge in [-0.2, -0.15) is 0 Å². The van der Waals surface area contributed by atoms with E-state index >= 15 is 0 Å². The lowest BCUT2D eigenvalue weighted by molar-refractivity contribution is 0.0696. The minimum Gasteiger partial charge on any atom is -0.478 e. The zero-order chi connectivity index (χ0) is 27.6. The third-order valence-corrected chi connectivity index (χ3v) is 6.98. The number of hydrogen-bond donors (Lipinski definition) is 2. The third kappa shape index (κ3) is 4.90. The summed E-state index contributed by atoms with van der Waals surface area (Å²) in [4.78, 5) is 29.5. The van der Waals surface area contributed by atoms with E-state index in [-0.39, 0.29) is 17.5 Å². The van der Waals surface area contributed by atoms with Gasteiger partial charge in [0, 0.05) is 29.8 Å². The summed E-state index contributed by atoms with van der Waals surface area (Å²) in [5.41, 5.74) is 6.45. The number of carboxylic acids is 1. The molecule has 2 N–H and O–H groups in total. The lowest BCUT2D eigenvalue weighted by Gasteiger charge is -2.16. The van der Waals surface area contributed by atoms with Crippen LogP contribution in [0, 0.1) is 0 Å². The van der Waals surface area contributed by atoms with Gasteiger partial charge >= 0.3 is 5.97 Å². The zero-order valence-corrected chi connectivity index (χ0v) is 21.7. The van der Waals surface area contributed by atoms with Crippen molar-refractivity contribution < 1.29 is 14.7 Å². The van der Waals surface area contributed by atoms with Gasteiger partial charge < -0.3 is 10.4 Å². The molecule has 0 spiro atoms. The quantitative estimate of drug-likeness (QED) is 0.275. The molecule has 8 nitrogen and oxygen atoms in total. The molecule has 0 aliphatic rings. The molecule has 0 saturated carbocycles. The van der Waals surface area contributed by atoms with Gasteiger partial charge in [0.2, 0.25) is 0 Å². The molecule has 8 heteroatoms. The number of nitrogens with one attached hydrogen (secondary N) is 1. The maximum absolute atomic E-state index is 13.8. The van der Waals surface area contributed by atoms with Crippen molar-refractivity contribution in [2.24, 2.45) is 0 Å². The molecule has 3 aromatic heterocycles. The Hall–Kier alpha value is -5.37. The van der Waals surface area contributed by atoms with Gasteiger partial charge in [0.1, 0.15) is 5.52 Å². The molecule has 3 aromatic carbocycles. The molecule has 0 fully saturated rings. The minimum atomic E-state index is -0.994. The molecule has 0 radical (unpaired) electrons. The van der Waals surface area contributed by atoms with Crippen LogP contribution in [-0.4, -0.2) is 36.8 Å². The molecule has 1 atom stereocenters. The van der Waals surface area contributed by atoms with Gasteiger partial charge in [-0.3, -0.25) is 9.78 Å². The summed E-state index contributed by atoms with van der Waals surface area (Å²) < 4.78 is 1.66. The van der Waals surface area contributed by atoms with E-state index in [1.165, 1.54) is 12.1 Å². The summed E-state index contributed by atoms with van der Waals surface area (Å²) in [5.74, 6) is -1.27. The molecule has 6 aromatic rings. The second-order valence-electron chi connectivity index (χ2n) is 9.67. The smallest absolute Gasteiger partial charge is 0.335 e. The van der Waals surface area contributed by atoms with Crippen LogP contribution in [0.1, 0.15) is 50.5 Å². The maximum Gasteiger partial charge on any atom is 0.335 e. The number of benzene rings is 3. The highest BCUT2D eigenvalue weighted by atomic mass is 16.4. The monoisotopic (exact) mass is 527 g/mol. The van der Waals surface area contributed by atoms with E-state index in [1.54, 1.807) is 22.8 Å². The van der Waals surface area contributed by atoms with Crippen LogP contribution in [0.2, 0.25) is 0 Å². The summed E-state index contributed by atoms with van der Waals surface area (Å²) in [6.45, 7) is 1.86. The fourth-order valence-electron chi connectivity index (χ4n) is 4.86. The van der Waals surface area contributed by atoms with Gasteiger partial charge in [-0.15, -0.1) is 5.10 Å². The highest BCUT2D eigenvalue weighted by Gasteiger charge is 2.21. The van der Waals surface area contributed by atoms with Crippen LogP contribution < -0.4 is 5.32 Å². The number of aromatic nitrogens is 4. The molecule has 196 valence electrons. The maximum atomic E-state index is 13.8. The number of hydrogen-bond acceptors (Lipinski definition) is 5. The van der Waals surface area contributed by atoms with E-state index in [4.69, 9.17) is 0 Å². The first-order chi connectivity index (χ1) is 19.5. The van der Waals surface area contributed by atoms with Crippen LogP contribution in [0.3, 0.4) is 0 Å². The summed E-state index contributed by atoms with van der Waals surface area (Å²) in [5, 5.41) is 22.2. The average Bonchev–Trinajstić information content (AvgIpc) is 3.39. The molecule has 40 heavy (non-hydrogen) atoms. The van der Waals surface area contributed by atoms with E-state index in [2.05, 4.69) is 20.6 Å². The minimum absolute atomic E-state index is 0.193. The van der Waals surface area contributed by atoms with Crippen molar-refractivity contribution in [3.05, 3.63) is 131 Å². The Balaban J connectivity index is 1.39. The lowest BCUT2D eigenvalue weighted by Crippen LogP contribution is -2.27. The van der Waals surface area contributed by atoms with Crippen molar-refractivity contribution in [3.8, 4) is 11.1 Å². The van der Waals surface area contributed by atoms with Crippen LogP contribution in [0.25, 0.3) is 27.5 Å². The van der Waals surface area contributed by atoms with Gasteiger partial charge in [0.25, 0.3) is 5.91 Å². The molecule has 6 rings (SSSR count). The highest BCUT2D eigenvalue weighted by molar-refractivity contribution is 6.02. The van der Waals surface area contributed by atoms with Gasteiger partial charge in [-0.25, -0.2) is 9.31 Å². The lowest BCUT2D eigenvalue weighted by atomic mass is 10.0. The van der Waals surface area contributed by atoms with E-state index in [0.717, 1.165) is 33.2 Å². The molecule has 1 amide bonds. The van der Waals surface area contributed by atoms with Crippen LogP contribution in [0.5, 0.6) is 0 Å². The predicted molar refractivity (Wildman–Crippen MR) is 152 cm³/mol. The molecule has 0 aliphatic carbocycles. The third-order valence-electron chi connectivity index (χ3n) is 6.98. The van der Waals surface area contributed by atoms with Crippen molar-refractivity contribution in [2.45, 2.75) is 19.4 Å². The Morgan fingerprint density at radius 3 is 2.50 bits per heavy atom. The summed E-state index contributed by atoms with van der Waals surface area (Å²) in [6, 6.07) is 27.8. The molecule has 0 aliphatic heterocycles. The number of amides is 1. The van der Waals surface area contributed by atoms with Gasteiger partial charge in [-0.1, -0.05) is 65.9 Å². The number of carbonyl (C=O) groups is 2. The Bertz CT molecular complexity index is 1860. The Kier molecular flexibility index (Phi) is 6.49.